The third-order valence-corrected chi connectivity index (χ3v) is 2.41. The molecule has 134 valence electrons. The molecule has 0 saturated heterocycles. The molecule has 22 heavy (non-hydrogen) atoms. The Kier molecular flexibility index (Phi) is 5.69. The first-order valence-electron chi connectivity index (χ1n) is 4.89. The highest BCUT2D eigenvalue weighted by Gasteiger charge is 2.77. The van der Waals surface area contributed by atoms with Crippen LogP contribution in [0.15, 0.2) is 0 Å². The van der Waals surface area contributed by atoms with Crippen LogP contribution in [0.5, 0.6) is 0 Å². The number of hydrogen-bond acceptors (Lipinski definition) is 2. The van der Waals surface area contributed by atoms with Gasteiger partial charge in [-0.25, -0.2) is 22.0 Å². The van der Waals surface area contributed by atoms with E-state index in [9.17, 15) is 52.7 Å². The fourth-order valence-electron chi connectivity index (χ4n) is 1.07. The monoisotopic (exact) mass is 362 g/mol. The van der Waals surface area contributed by atoms with Crippen LogP contribution in [0, 0.1) is 0 Å². The molecular weight excluding hydrogens is 356 g/mol. The van der Waals surface area contributed by atoms with Gasteiger partial charge in [0.1, 0.15) is 0 Å². The van der Waals surface area contributed by atoms with Crippen molar-refractivity contribution in [3.63, 3.8) is 0 Å². The molecule has 0 aromatic carbocycles. The summed E-state index contributed by atoms with van der Waals surface area (Å²) >= 11 is 0. The van der Waals surface area contributed by atoms with Gasteiger partial charge in [0.05, 0.1) is 0 Å². The van der Waals surface area contributed by atoms with Crippen molar-refractivity contribution < 1.29 is 62.9 Å². The van der Waals surface area contributed by atoms with Crippen LogP contribution in [0.25, 0.3) is 0 Å². The van der Waals surface area contributed by atoms with Gasteiger partial charge in [-0.15, -0.1) is 0 Å². The summed E-state index contributed by atoms with van der Waals surface area (Å²) < 4.78 is 147. The van der Waals surface area contributed by atoms with Gasteiger partial charge in [0, 0.05) is 0 Å². The minimum Gasteiger partial charge on any atom is -0.359 e. The van der Waals surface area contributed by atoms with Crippen molar-refractivity contribution in [3.8, 4) is 0 Å². The van der Waals surface area contributed by atoms with Gasteiger partial charge >= 0.3 is 18.0 Å². The van der Waals surface area contributed by atoms with Crippen LogP contribution in [-0.4, -0.2) is 59.0 Å². The quantitative estimate of drug-likeness (QED) is 0.564. The van der Waals surface area contributed by atoms with Crippen molar-refractivity contribution in [2.75, 3.05) is 0 Å². The number of hydrogen-bond donors (Lipinski definition) is 2. The van der Waals surface area contributed by atoms with Gasteiger partial charge in [-0.3, -0.25) is 0 Å². The topological polar surface area (TPSA) is 40.5 Å². The van der Waals surface area contributed by atoms with Gasteiger partial charge in [-0.05, 0) is 0 Å². The molecule has 0 amide bonds. The summed E-state index contributed by atoms with van der Waals surface area (Å²) in [5.41, 5.74) is 0. The summed E-state index contributed by atoms with van der Waals surface area (Å²) in [5.74, 6) is -19.2. The van der Waals surface area contributed by atoms with E-state index in [1.54, 1.807) is 0 Å². The minimum atomic E-state index is -7.18. The molecule has 0 aliphatic rings. The lowest BCUT2D eigenvalue weighted by Gasteiger charge is -2.34. The van der Waals surface area contributed by atoms with Gasteiger partial charge in [-0.1, -0.05) is 0 Å². The first-order chi connectivity index (χ1) is 9.42. The third kappa shape index (κ3) is 3.36. The molecule has 0 aromatic heterocycles. The zero-order valence-electron chi connectivity index (χ0n) is 9.74. The molecule has 0 bridgehead atoms. The average Bonchev–Trinajstić information content (AvgIpc) is 2.33. The highest BCUT2D eigenvalue weighted by molar-refractivity contribution is 5.02. The number of alkyl halides is 12. The average molecular weight is 362 g/mol. The Morgan fingerprint density at radius 3 is 1.27 bits per heavy atom. The minimum absolute atomic E-state index is 4.61. The molecule has 0 fully saturated rings. The number of halogens is 12. The Morgan fingerprint density at radius 2 is 1.00 bits per heavy atom. The van der Waals surface area contributed by atoms with Crippen LogP contribution >= 0.6 is 0 Å². The molecule has 0 aromatic rings. The third-order valence-electron chi connectivity index (χ3n) is 2.41. The van der Waals surface area contributed by atoms with Crippen LogP contribution in [0.3, 0.4) is 0 Å². The van der Waals surface area contributed by atoms with E-state index in [1.807, 2.05) is 0 Å². The van der Waals surface area contributed by atoms with Crippen molar-refractivity contribution >= 4 is 0 Å². The Morgan fingerprint density at radius 1 is 0.636 bits per heavy atom. The highest BCUT2D eigenvalue weighted by Crippen LogP contribution is 2.50. The molecule has 0 aliphatic carbocycles. The second kappa shape index (κ2) is 5.94. The Hall–Kier alpha value is -0.920. The second-order valence-corrected chi connectivity index (χ2v) is 4.03. The Labute approximate surface area is 113 Å². The first kappa shape index (κ1) is 21.1. The highest BCUT2D eigenvalue weighted by atomic mass is 19.4. The summed E-state index contributed by atoms with van der Waals surface area (Å²) in [6.07, 6.45) is -26.5. The zero-order chi connectivity index (χ0) is 18.3. The summed E-state index contributed by atoms with van der Waals surface area (Å²) in [4.78, 5) is 0. The van der Waals surface area contributed by atoms with Crippen LogP contribution in [-0.2, 0) is 0 Å². The van der Waals surface area contributed by atoms with Crippen LogP contribution in [0.1, 0.15) is 0 Å². The van der Waals surface area contributed by atoms with E-state index >= 15 is 0 Å². The van der Waals surface area contributed by atoms with Gasteiger partial charge in [-0.2, -0.15) is 30.7 Å². The lowest BCUT2D eigenvalue weighted by molar-refractivity contribution is -0.372. The van der Waals surface area contributed by atoms with Gasteiger partial charge < -0.3 is 10.2 Å². The molecule has 0 aliphatic heterocycles. The van der Waals surface area contributed by atoms with E-state index < -0.39 is 48.7 Å². The van der Waals surface area contributed by atoms with E-state index in [4.69, 9.17) is 10.2 Å². The first-order valence-corrected chi connectivity index (χ1v) is 4.89. The van der Waals surface area contributed by atoms with Crippen molar-refractivity contribution in [2.45, 2.75) is 48.7 Å². The molecule has 0 spiro atoms. The van der Waals surface area contributed by atoms with E-state index in [0.29, 0.717) is 0 Å². The fraction of sp³-hybridized carbons (Fsp3) is 1.00. The maximum atomic E-state index is 12.9. The van der Waals surface area contributed by atoms with Gasteiger partial charge in [0.2, 0.25) is 6.17 Å². The van der Waals surface area contributed by atoms with Crippen molar-refractivity contribution in [2.24, 2.45) is 0 Å². The lowest BCUT2D eigenvalue weighted by Crippen LogP contribution is -2.62. The molecule has 2 nitrogen and oxygen atoms in total. The number of aliphatic hydroxyl groups is 2. The maximum Gasteiger partial charge on any atom is 0.459 e. The van der Waals surface area contributed by atoms with Crippen molar-refractivity contribution in [3.05, 3.63) is 0 Å². The molecule has 0 heterocycles. The van der Waals surface area contributed by atoms with E-state index in [0.717, 1.165) is 0 Å². The van der Waals surface area contributed by atoms with Crippen molar-refractivity contribution in [1.82, 2.24) is 0 Å². The molecular formula is C8H6F12O2. The lowest BCUT2D eigenvalue weighted by atomic mass is 9.96. The van der Waals surface area contributed by atoms with E-state index in [-0.39, 0.29) is 0 Å². The summed E-state index contributed by atoms with van der Waals surface area (Å²) in [5, 5.41) is 16.6. The number of rotatable bonds is 6. The predicted molar refractivity (Wildman–Crippen MR) is 43.8 cm³/mol. The van der Waals surface area contributed by atoms with E-state index in [1.165, 1.54) is 0 Å². The fourth-order valence-corrected chi connectivity index (χ4v) is 1.07. The van der Waals surface area contributed by atoms with Gasteiger partial charge in [0.25, 0.3) is 12.2 Å². The SMILES string of the molecule is OC(O)(C(F)F)C(F)C(F)C(F)C(F)(F)C(F)(F)C(F)(F)F. The second-order valence-electron chi connectivity index (χ2n) is 4.03. The predicted octanol–water partition coefficient (Wildman–Crippen LogP) is 2.78. The van der Waals surface area contributed by atoms with Crippen LogP contribution < -0.4 is 0 Å². The Balaban J connectivity index is 5.54. The van der Waals surface area contributed by atoms with Gasteiger partial charge in [0.15, 0.2) is 12.3 Å². The van der Waals surface area contributed by atoms with E-state index in [2.05, 4.69) is 0 Å². The standard InChI is InChI=1S/C8H6F12O2/c9-1(2(10)5(21,22)4(12)13)3(11)6(14,15)7(16,17)8(18,19)20/h1-4,21-22H. The normalized spacial score (nSPS) is 19.2. The molecule has 0 saturated carbocycles. The molecule has 14 heteroatoms. The smallest absolute Gasteiger partial charge is 0.359 e. The maximum absolute atomic E-state index is 12.9. The molecule has 2 N–H and O–H groups in total. The van der Waals surface area contributed by atoms with Crippen molar-refractivity contribution in [1.29, 1.82) is 0 Å². The zero-order valence-corrected chi connectivity index (χ0v) is 9.74. The summed E-state index contributed by atoms with van der Waals surface area (Å²) in [6, 6.07) is 0. The molecule has 0 rings (SSSR count). The summed E-state index contributed by atoms with van der Waals surface area (Å²) in [6.45, 7) is 0. The Bertz CT molecular complexity index is 378. The summed E-state index contributed by atoms with van der Waals surface area (Å²) in [7, 11) is 0. The molecule has 3 unspecified atom stereocenters. The molecule has 0 radical (unpaired) electrons. The largest absolute Gasteiger partial charge is 0.459 e. The van der Waals surface area contributed by atoms with Crippen LogP contribution in [0.2, 0.25) is 0 Å². The van der Waals surface area contributed by atoms with Crippen LogP contribution in [0.4, 0.5) is 52.7 Å². The molecule has 3 atom stereocenters.